The van der Waals surface area contributed by atoms with Gasteiger partial charge in [-0.25, -0.2) is 4.79 Å². The van der Waals surface area contributed by atoms with Gasteiger partial charge in [0.2, 0.25) is 0 Å². The van der Waals surface area contributed by atoms with Gasteiger partial charge in [-0.2, -0.15) is 13.2 Å². The number of alkyl halides is 3. The van der Waals surface area contributed by atoms with Crippen LogP contribution in [-0.4, -0.2) is 46.3 Å². The number of carboxylic acid groups (broad SMARTS) is 1. The van der Waals surface area contributed by atoms with Crippen molar-refractivity contribution < 1.29 is 33.0 Å². The molecule has 0 saturated heterocycles. The fraction of sp³-hybridized carbons (Fsp3) is 0.500. The number of benzene rings is 2. The van der Waals surface area contributed by atoms with Crippen LogP contribution in [0.5, 0.6) is 5.75 Å². The fourth-order valence-corrected chi connectivity index (χ4v) is 3.46. The minimum absolute atomic E-state index is 0.0623. The molecule has 0 aliphatic rings. The predicted molar refractivity (Wildman–Crippen MR) is 140 cm³/mol. The van der Waals surface area contributed by atoms with E-state index in [-0.39, 0.29) is 22.5 Å². The van der Waals surface area contributed by atoms with E-state index in [1.807, 2.05) is 51.1 Å². The zero-order chi connectivity index (χ0) is 28.8. The maximum absolute atomic E-state index is 13.2. The lowest BCUT2D eigenvalue weighted by molar-refractivity contribution is -0.192. The smallest absolute Gasteiger partial charge is 0.490 e. The number of rotatable bonds is 6. The Morgan fingerprint density at radius 3 is 1.89 bits per heavy atom. The summed E-state index contributed by atoms with van der Waals surface area (Å²) in [6, 6.07) is 11.8. The van der Waals surface area contributed by atoms with Gasteiger partial charge >= 0.3 is 12.1 Å². The van der Waals surface area contributed by atoms with Crippen LogP contribution >= 0.6 is 0 Å². The number of halogens is 3. The van der Waals surface area contributed by atoms with Gasteiger partial charge < -0.3 is 15.5 Å². The van der Waals surface area contributed by atoms with Crippen LogP contribution in [0.15, 0.2) is 36.4 Å². The van der Waals surface area contributed by atoms with Gasteiger partial charge in [0.25, 0.3) is 5.91 Å². The highest BCUT2D eigenvalue weighted by atomic mass is 19.4. The van der Waals surface area contributed by atoms with Crippen LogP contribution in [0.3, 0.4) is 0 Å². The van der Waals surface area contributed by atoms with Crippen molar-refractivity contribution in [2.45, 2.75) is 78.9 Å². The highest BCUT2D eigenvalue weighted by Crippen LogP contribution is 2.38. The number of carboxylic acids is 1. The molecule has 0 spiro atoms. The zero-order valence-electron chi connectivity index (χ0n) is 22.9. The molecule has 206 valence electrons. The van der Waals surface area contributed by atoms with Crippen molar-refractivity contribution in [1.82, 2.24) is 4.90 Å². The van der Waals surface area contributed by atoms with Gasteiger partial charge in [0.1, 0.15) is 5.75 Å². The van der Waals surface area contributed by atoms with Gasteiger partial charge in [0, 0.05) is 17.8 Å². The number of amides is 1. The van der Waals surface area contributed by atoms with Crippen LogP contribution in [0.1, 0.15) is 82.4 Å². The fourth-order valence-electron chi connectivity index (χ4n) is 3.46. The van der Waals surface area contributed by atoms with E-state index in [2.05, 4.69) is 50.9 Å². The van der Waals surface area contributed by atoms with E-state index in [4.69, 9.17) is 9.90 Å². The number of aliphatic carboxylic acids is 1. The first-order valence-electron chi connectivity index (χ1n) is 12.1. The second-order valence-corrected chi connectivity index (χ2v) is 10.8. The third-order valence-electron chi connectivity index (χ3n) is 5.76. The zero-order valence-corrected chi connectivity index (χ0v) is 22.9. The molecule has 6 nitrogen and oxygen atoms in total. The molecule has 0 radical (unpaired) electrons. The number of hydrogen-bond acceptors (Lipinski definition) is 4. The summed E-state index contributed by atoms with van der Waals surface area (Å²) in [4.78, 5) is 24.4. The number of phenols is 1. The molecule has 1 amide bonds. The van der Waals surface area contributed by atoms with E-state index in [9.17, 15) is 23.1 Å². The number of nitrogens with one attached hydrogen (secondary N) is 1. The van der Waals surface area contributed by atoms with E-state index < -0.39 is 12.1 Å². The number of phenolic OH excluding ortho intramolecular Hbond substituents is 1. The van der Waals surface area contributed by atoms with Gasteiger partial charge in [-0.1, -0.05) is 73.6 Å². The summed E-state index contributed by atoms with van der Waals surface area (Å²) in [5.41, 5.74) is 3.63. The van der Waals surface area contributed by atoms with E-state index in [0.717, 1.165) is 42.0 Å². The Bertz CT molecular complexity index is 1080. The standard InChI is InChI=1S/C26H38N2O2.C2HF3O2/c1-9-28(10-2)17-18-12-11-13-20(14-18)27-24(30)21-15-19(25(3,4)5)16-22(23(21)29)26(6,7)8;3-2(4,5)1(6)7/h11-16,29H,9-10,17H2,1-8H3,(H,27,30);(H,6,7). The minimum Gasteiger partial charge on any atom is -0.507 e. The van der Waals surface area contributed by atoms with Crippen molar-refractivity contribution in [3.8, 4) is 5.75 Å². The van der Waals surface area contributed by atoms with Crippen molar-refractivity contribution in [3.63, 3.8) is 0 Å². The van der Waals surface area contributed by atoms with Crippen LogP contribution in [0.4, 0.5) is 18.9 Å². The third kappa shape index (κ3) is 9.72. The predicted octanol–water partition coefficient (Wildman–Crippen LogP) is 6.71. The van der Waals surface area contributed by atoms with Crippen molar-refractivity contribution in [1.29, 1.82) is 0 Å². The number of aromatic hydroxyl groups is 1. The summed E-state index contributed by atoms with van der Waals surface area (Å²) in [6.07, 6.45) is -5.08. The molecule has 0 heterocycles. The Kier molecular flexibility index (Phi) is 10.8. The van der Waals surface area contributed by atoms with Gasteiger partial charge in [0.05, 0.1) is 5.56 Å². The Labute approximate surface area is 217 Å². The molecule has 2 aromatic rings. The van der Waals surface area contributed by atoms with Crippen LogP contribution in [-0.2, 0) is 22.2 Å². The molecule has 0 aliphatic heterocycles. The van der Waals surface area contributed by atoms with Gasteiger partial charge in [0.15, 0.2) is 0 Å². The average Bonchev–Trinajstić information content (AvgIpc) is 2.76. The molecule has 9 heteroatoms. The molecule has 2 aromatic carbocycles. The van der Waals surface area contributed by atoms with Crippen LogP contribution in [0.25, 0.3) is 0 Å². The highest BCUT2D eigenvalue weighted by molar-refractivity contribution is 6.06. The first kappa shape index (κ1) is 32.0. The maximum Gasteiger partial charge on any atom is 0.490 e. The lowest BCUT2D eigenvalue weighted by Crippen LogP contribution is -2.22. The summed E-state index contributed by atoms with van der Waals surface area (Å²) >= 11 is 0. The second-order valence-electron chi connectivity index (χ2n) is 10.8. The SMILES string of the molecule is CCN(CC)Cc1cccc(NC(=O)c2cc(C(C)(C)C)cc(C(C)(C)C)c2O)c1.O=C(O)C(F)(F)F. The molecule has 0 fully saturated rings. The van der Waals surface area contributed by atoms with Gasteiger partial charge in [-0.3, -0.25) is 9.69 Å². The molecule has 0 aromatic heterocycles. The van der Waals surface area contributed by atoms with E-state index >= 15 is 0 Å². The maximum atomic E-state index is 13.2. The van der Waals surface area contributed by atoms with E-state index in [1.54, 1.807) is 0 Å². The highest BCUT2D eigenvalue weighted by Gasteiger charge is 2.38. The first-order chi connectivity index (χ1) is 16.8. The summed E-state index contributed by atoms with van der Waals surface area (Å²) in [6.45, 7) is 19.6. The van der Waals surface area contributed by atoms with Gasteiger partial charge in [-0.15, -0.1) is 0 Å². The largest absolute Gasteiger partial charge is 0.507 e. The average molecular weight is 525 g/mol. The third-order valence-corrected chi connectivity index (χ3v) is 5.76. The Hall–Kier alpha value is -3.07. The van der Waals surface area contributed by atoms with Gasteiger partial charge in [-0.05, 0) is 53.2 Å². The summed E-state index contributed by atoms with van der Waals surface area (Å²) < 4.78 is 31.7. The van der Waals surface area contributed by atoms with Crippen LogP contribution in [0.2, 0.25) is 0 Å². The number of carbonyl (C=O) groups is 2. The quantitative estimate of drug-likeness (QED) is 0.391. The first-order valence-corrected chi connectivity index (χ1v) is 12.1. The van der Waals surface area contributed by atoms with Crippen LogP contribution < -0.4 is 5.32 Å². The van der Waals surface area contributed by atoms with E-state index in [0.29, 0.717) is 5.56 Å². The summed E-state index contributed by atoms with van der Waals surface area (Å²) in [7, 11) is 0. The summed E-state index contributed by atoms with van der Waals surface area (Å²) in [5, 5.41) is 21.0. The molecule has 37 heavy (non-hydrogen) atoms. The Morgan fingerprint density at radius 2 is 1.46 bits per heavy atom. The number of carbonyl (C=O) groups excluding carboxylic acids is 1. The normalized spacial score (nSPS) is 12.1. The van der Waals surface area contributed by atoms with Crippen LogP contribution in [0, 0.1) is 0 Å². The number of nitrogens with zero attached hydrogens (tertiary/aromatic N) is 1. The summed E-state index contributed by atoms with van der Waals surface area (Å²) in [5.74, 6) is -2.98. The minimum atomic E-state index is -5.08. The Morgan fingerprint density at radius 1 is 0.919 bits per heavy atom. The molecule has 0 bridgehead atoms. The number of anilines is 1. The van der Waals surface area contributed by atoms with Crippen molar-refractivity contribution >= 4 is 17.6 Å². The molecule has 0 unspecified atom stereocenters. The lowest BCUT2D eigenvalue weighted by Gasteiger charge is -2.27. The molecule has 0 atom stereocenters. The molecule has 3 N–H and O–H groups in total. The van der Waals surface area contributed by atoms with Crippen molar-refractivity contribution in [2.24, 2.45) is 0 Å². The molecule has 0 saturated carbocycles. The monoisotopic (exact) mass is 524 g/mol. The Balaban J connectivity index is 0.000000856. The van der Waals surface area contributed by atoms with E-state index in [1.165, 1.54) is 0 Å². The molecule has 2 rings (SSSR count). The molecular weight excluding hydrogens is 485 g/mol. The van der Waals surface area contributed by atoms with Crippen molar-refractivity contribution in [2.75, 3.05) is 18.4 Å². The number of hydrogen-bond donors (Lipinski definition) is 3. The molecule has 0 aliphatic carbocycles. The lowest BCUT2D eigenvalue weighted by atomic mass is 9.79. The second kappa shape index (κ2) is 12.4. The topological polar surface area (TPSA) is 89.9 Å². The van der Waals surface area contributed by atoms with Crippen molar-refractivity contribution in [3.05, 3.63) is 58.7 Å². The molecular formula is C28H39F3N2O4.